The van der Waals surface area contributed by atoms with Crippen molar-refractivity contribution >= 4 is 5.78 Å². The molecular formula is C7H12N2O. The van der Waals surface area contributed by atoms with Crippen molar-refractivity contribution in [2.45, 2.75) is 33.4 Å². The van der Waals surface area contributed by atoms with Crippen LogP contribution in [-0.4, -0.2) is 11.9 Å². The lowest BCUT2D eigenvalue weighted by atomic mass is 9.89. The first kappa shape index (κ1) is 7.38. The molecule has 1 aliphatic heterocycles. The lowest BCUT2D eigenvalue weighted by Crippen LogP contribution is -2.21. The highest BCUT2D eigenvalue weighted by Crippen LogP contribution is 2.23. The molecule has 0 radical (unpaired) electrons. The van der Waals surface area contributed by atoms with Crippen molar-refractivity contribution in [3.8, 4) is 0 Å². The second kappa shape index (κ2) is 2.15. The van der Waals surface area contributed by atoms with Gasteiger partial charge < -0.3 is 0 Å². The van der Waals surface area contributed by atoms with Crippen molar-refractivity contribution in [2.75, 3.05) is 0 Å². The molecule has 0 fully saturated rings. The van der Waals surface area contributed by atoms with Gasteiger partial charge in [-0.05, 0) is 0 Å². The Kier molecular flexibility index (Phi) is 1.58. The van der Waals surface area contributed by atoms with Crippen LogP contribution in [-0.2, 0) is 4.79 Å². The molecule has 10 heavy (non-hydrogen) atoms. The van der Waals surface area contributed by atoms with Crippen LogP contribution in [0.15, 0.2) is 10.2 Å². The fourth-order valence-electron chi connectivity index (χ4n) is 0.601. The number of carbonyl (C=O) groups excluding carboxylic acids is 1. The summed E-state index contributed by atoms with van der Waals surface area (Å²) in [6, 6.07) is 0. The monoisotopic (exact) mass is 140 g/mol. The van der Waals surface area contributed by atoms with E-state index in [0.29, 0.717) is 6.42 Å². The Morgan fingerprint density at radius 1 is 1.40 bits per heavy atom. The topological polar surface area (TPSA) is 41.8 Å². The number of nitrogens with zero attached hydrogens (tertiary/aromatic N) is 2. The Labute approximate surface area is 60.5 Å². The third-order valence-corrected chi connectivity index (χ3v) is 1.48. The Morgan fingerprint density at radius 3 is 2.20 bits per heavy atom. The number of rotatable bonds is 2. The van der Waals surface area contributed by atoms with E-state index in [2.05, 4.69) is 10.2 Å². The van der Waals surface area contributed by atoms with Crippen molar-refractivity contribution < 1.29 is 4.79 Å². The first-order chi connectivity index (χ1) is 4.50. The molecule has 3 nitrogen and oxygen atoms in total. The van der Waals surface area contributed by atoms with E-state index >= 15 is 0 Å². The van der Waals surface area contributed by atoms with Gasteiger partial charge in [-0.15, -0.1) is 0 Å². The van der Waals surface area contributed by atoms with E-state index in [1.165, 1.54) is 0 Å². The number of carbonyl (C=O) groups is 1. The second-order valence-electron chi connectivity index (χ2n) is 3.59. The van der Waals surface area contributed by atoms with Crippen LogP contribution in [0.3, 0.4) is 0 Å². The quantitative estimate of drug-likeness (QED) is 0.576. The molecule has 0 unspecified atom stereocenters. The van der Waals surface area contributed by atoms with Gasteiger partial charge in [0.05, 0.1) is 6.42 Å². The average molecular weight is 140 g/mol. The van der Waals surface area contributed by atoms with Crippen LogP contribution >= 0.6 is 0 Å². The molecule has 0 atom stereocenters. The maximum absolute atomic E-state index is 11.2. The fraction of sp³-hybridized carbons (Fsp3) is 0.857. The van der Waals surface area contributed by atoms with Crippen LogP contribution < -0.4 is 0 Å². The smallest absolute Gasteiger partial charge is 0.187 e. The summed E-state index contributed by atoms with van der Waals surface area (Å²) in [5.41, 5.74) is -0.229. The van der Waals surface area contributed by atoms with Crippen molar-refractivity contribution in [1.82, 2.24) is 0 Å². The van der Waals surface area contributed by atoms with Gasteiger partial charge in [0.15, 0.2) is 6.17 Å². The molecule has 1 heterocycles. The Hall–Kier alpha value is -0.730. The molecule has 0 N–H and O–H groups in total. The minimum atomic E-state index is -0.229. The van der Waals surface area contributed by atoms with Gasteiger partial charge in [0.25, 0.3) is 0 Å². The van der Waals surface area contributed by atoms with Crippen LogP contribution in [0.1, 0.15) is 27.2 Å². The van der Waals surface area contributed by atoms with Gasteiger partial charge in [-0.1, -0.05) is 20.8 Å². The molecule has 0 amide bonds. The van der Waals surface area contributed by atoms with Gasteiger partial charge >= 0.3 is 0 Å². The predicted molar refractivity (Wildman–Crippen MR) is 37.7 cm³/mol. The summed E-state index contributed by atoms with van der Waals surface area (Å²) in [4.78, 5) is 11.2. The minimum absolute atomic E-state index is 0.00766. The highest BCUT2D eigenvalue weighted by molar-refractivity contribution is 5.84. The highest BCUT2D eigenvalue weighted by atomic mass is 16.1. The summed E-state index contributed by atoms with van der Waals surface area (Å²) in [5, 5.41) is 7.32. The Balaban J connectivity index is 2.33. The van der Waals surface area contributed by atoms with E-state index < -0.39 is 0 Å². The van der Waals surface area contributed by atoms with Gasteiger partial charge in [0.2, 0.25) is 0 Å². The van der Waals surface area contributed by atoms with E-state index in [-0.39, 0.29) is 17.4 Å². The molecule has 0 aliphatic carbocycles. The first-order valence-corrected chi connectivity index (χ1v) is 3.43. The largest absolute Gasteiger partial charge is 0.299 e. The van der Waals surface area contributed by atoms with Crippen LogP contribution in [0.5, 0.6) is 0 Å². The minimum Gasteiger partial charge on any atom is -0.299 e. The zero-order valence-electron chi connectivity index (χ0n) is 6.59. The zero-order valence-corrected chi connectivity index (χ0v) is 6.59. The first-order valence-electron chi connectivity index (χ1n) is 3.43. The summed E-state index contributed by atoms with van der Waals surface area (Å²) >= 11 is 0. The standard InChI is InChI=1S/C7H12N2O/c1-7(2,3)5(10)4-6-8-9-6/h6H,4H2,1-3H3. The lowest BCUT2D eigenvalue weighted by molar-refractivity contribution is -0.126. The van der Waals surface area contributed by atoms with E-state index in [0.717, 1.165) is 0 Å². The van der Waals surface area contributed by atoms with Crippen molar-refractivity contribution in [1.29, 1.82) is 0 Å². The van der Waals surface area contributed by atoms with Crippen LogP contribution in [0.4, 0.5) is 0 Å². The maximum atomic E-state index is 11.2. The van der Waals surface area contributed by atoms with Gasteiger partial charge in [-0.2, -0.15) is 10.2 Å². The van der Waals surface area contributed by atoms with Crippen molar-refractivity contribution in [3.05, 3.63) is 0 Å². The molecule has 3 heteroatoms. The van der Waals surface area contributed by atoms with E-state index in [9.17, 15) is 4.79 Å². The van der Waals surface area contributed by atoms with Crippen LogP contribution in [0.2, 0.25) is 0 Å². The number of hydrogen-bond acceptors (Lipinski definition) is 3. The third kappa shape index (κ3) is 1.90. The zero-order chi connectivity index (χ0) is 7.78. The molecule has 0 aromatic heterocycles. The van der Waals surface area contributed by atoms with Crippen molar-refractivity contribution in [3.63, 3.8) is 0 Å². The summed E-state index contributed by atoms with van der Waals surface area (Å²) < 4.78 is 0. The number of Topliss-reactive ketones (excluding diaryl/α,β-unsaturated/α-hetero) is 1. The second-order valence-corrected chi connectivity index (χ2v) is 3.59. The molecule has 0 saturated carbocycles. The summed E-state index contributed by atoms with van der Waals surface area (Å²) in [7, 11) is 0. The number of hydrogen-bond donors (Lipinski definition) is 0. The molecule has 0 saturated heterocycles. The maximum Gasteiger partial charge on any atom is 0.187 e. The highest BCUT2D eigenvalue weighted by Gasteiger charge is 2.27. The molecule has 0 aromatic rings. The SMILES string of the molecule is CC(C)(C)C(=O)CC1N=N1. The van der Waals surface area contributed by atoms with Gasteiger partial charge in [-0.25, -0.2) is 0 Å². The van der Waals surface area contributed by atoms with E-state index in [4.69, 9.17) is 0 Å². The molecule has 0 aromatic carbocycles. The van der Waals surface area contributed by atoms with Crippen molar-refractivity contribution in [2.24, 2.45) is 15.6 Å². The fourth-order valence-corrected chi connectivity index (χ4v) is 0.601. The lowest BCUT2D eigenvalue weighted by Gasteiger charge is -2.14. The summed E-state index contributed by atoms with van der Waals surface area (Å²) in [6.45, 7) is 5.74. The predicted octanol–water partition coefficient (Wildman–Crippen LogP) is 1.78. The van der Waals surface area contributed by atoms with Gasteiger partial charge in [0, 0.05) is 5.41 Å². The molecule has 56 valence electrons. The number of ketones is 1. The van der Waals surface area contributed by atoms with Crippen LogP contribution in [0, 0.1) is 5.41 Å². The third-order valence-electron chi connectivity index (χ3n) is 1.48. The summed E-state index contributed by atoms with van der Waals surface area (Å²) in [5.74, 6) is 0.238. The molecular weight excluding hydrogens is 128 g/mol. The van der Waals surface area contributed by atoms with Gasteiger partial charge in [-0.3, -0.25) is 4.79 Å². The molecule has 1 rings (SSSR count). The van der Waals surface area contributed by atoms with Gasteiger partial charge in [0.1, 0.15) is 5.78 Å². The normalized spacial score (nSPS) is 17.5. The Morgan fingerprint density at radius 2 is 1.90 bits per heavy atom. The van der Waals surface area contributed by atoms with Crippen LogP contribution in [0.25, 0.3) is 0 Å². The molecule has 0 spiro atoms. The Bertz CT molecular complexity index is 173. The molecule has 0 bridgehead atoms. The molecule has 1 aliphatic rings. The van der Waals surface area contributed by atoms with E-state index in [1.807, 2.05) is 20.8 Å². The van der Waals surface area contributed by atoms with E-state index in [1.54, 1.807) is 0 Å². The average Bonchev–Trinajstić information content (AvgIpc) is 2.47. The summed E-state index contributed by atoms with van der Waals surface area (Å²) in [6.07, 6.45) is 0.482.